The van der Waals surface area contributed by atoms with Crippen LogP contribution < -0.4 is 5.32 Å². The van der Waals surface area contributed by atoms with Crippen LogP contribution in [-0.2, 0) is 19.1 Å². The molecule has 3 aliphatic rings. The van der Waals surface area contributed by atoms with E-state index in [1.807, 2.05) is 0 Å². The first kappa shape index (κ1) is 17.5. The van der Waals surface area contributed by atoms with Crippen molar-refractivity contribution in [2.45, 2.75) is 57.5 Å². The first-order valence-corrected chi connectivity index (χ1v) is 9.99. The van der Waals surface area contributed by atoms with Crippen LogP contribution >= 0.6 is 11.3 Å². The molecule has 9 heteroatoms. The fourth-order valence-electron chi connectivity index (χ4n) is 4.11. The van der Waals surface area contributed by atoms with E-state index in [9.17, 15) is 14.4 Å². The maximum Gasteiger partial charge on any atom is 0.235 e. The van der Waals surface area contributed by atoms with Crippen LogP contribution in [0.1, 0.15) is 62.5 Å². The van der Waals surface area contributed by atoms with Crippen molar-refractivity contribution in [3.63, 3.8) is 0 Å². The number of nitrogens with one attached hydrogen (secondary N) is 1. The summed E-state index contributed by atoms with van der Waals surface area (Å²) in [6.07, 6.45) is 5.84. The lowest BCUT2D eigenvalue weighted by Gasteiger charge is -2.20. The number of likely N-dealkylation sites (tertiary alicyclic amines) is 1. The molecule has 2 saturated heterocycles. The second-order valence-electron chi connectivity index (χ2n) is 7.26. The third-order valence-corrected chi connectivity index (χ3v) is 6.44. The molecular weight excluding hydrogens is 356 g/mol. The summed E-state index contributed by atoms with van der Waals surface area (Å²) in [5, 5.41) is 11.9. The van der Waals surface area contributed by atoms with Crippen molar-refractivity contribution in [3.05, 3.63) is 5.01 Å². The van der Waals surface area contributed by atoms with Crippen molar-refractivity contribution in [1.82, 2.24) is 15.1 Å². The van der Waals surface area contributed by atoms with Gasteiger partial charge in [-0.1, -0.05) is 24.2 Å². The molecule has 3 fully saturated rings. The summed E-state index contributed by atoms with van der Waals surface area (Å²) in [5.41, 5.74) is -0.483. The average Bonchev–Trinajstić information content (AvgIpc) is 3.38. The lowest BCUT2D eigenvalue weighted by molar-refractivity contribution is -0.141. The van der Waals surface area contributed by atoms with E-state index in [0.29, 0.717) is 11.6 Å². The molecule has 1 saturated carbocycles. The molecule has 1 N–H and O–H groups in total. The Balaban J connectivity index is 1.30. The first-order chi connectivity index (χ1) is 12.6. The van der Waals surface area contributed by atoms with E-state index in [1.54, 1.807) is 0 Å². The van der Waals surface area contributed by atoms with Crippen LogP contribution in [0.2, 0.25) is 0 Å². The fourth-order valence-corrected chi connectivity index (χ4v) is 4.96. The van der Waals surface area contributed by atoms with Crippen LogP contribution in [0.15, 0.2) is 0 Å². The molecule has 4 rings (SSSR count). The predicted octanol–water partition coefficient (Wildman–Crippen LogP) is 2.04. The van der Waals surface area contributed by atoms with E-state index >= 15 is 0 Å². The molecule has 1 atom stereocenters. The molecule has 3 amide bonds. The van der Waals surface area contributed by atoms with E-state index in [2.05, 4.69) is 15.5 Å². The molecule has 1 aromatic rings. The molecule has 3 heterocycles. The number of imide groups is 1. The summed E-state index contributed by atoms with van der Waals surface area (Å²) >= 11 is 1.31. The number of carbonyl (C=O) groups excluding carboxylic acids is 3. The molecule has 0 bridgehead atoms. The van der Waals surface area contributed by atoms with E-state index in [-0.39, 0.29) is 36.8 Å². The van der Waals surface area contributed by atoms with Crippen LogP contribution in [0.5, 0.6) is 0 Å². The third-order valence-electron chi connectivity index (χ3n) is 5.50. The molecular formula is C17H22N4O4S. The first-order valence-electron chi connectivity index (χ1n) is 9.17. The number of carbonyl (C=O) groups is 3. The Bertz CT molecular complexity index is 722. The van der Waals surface area contributed by atoms with Gasteiger partial charge in [0.15, 0.2) is 0 Å². The highest BCUT2D eigenvalue weighted by molar-refractivity contribution is 7.15. The largest absolute Gasteiger partial charge is 0.371 e. The van der Waals surface area contributed by atoms with Crippen molar-refractivity contribution in [2.24, 2.45) is 5.41 Å². The maximum atomic E-state index is 12.6. The monoisotopic (exact) mass is 378 g/mol. The highest BCUT2D eigenvalue weighted by atomic mass is 32.1. The van der Waals surface area contributed by atoms with Crippen molar-refractivity contribution in [1.29, 1.82) is 0 Å². The van der Waals surface area contributed by atoms with Crippen LogP contribution in [0.25, 0.3) is 0 Å². The Morgan fingerprint density at radius 2 is 2.08 bits per heavy atom. The summed E-state index contributed by atoms with van der Waals surface area (Å²) in [6.45, 7) is 0.855. The normalized spacial score (nSPS) is 24.8. The lowest BCUT2D eigenvalue weighted by atomic mass is 9.84. The van der Waals surface area contributed by atoms with Crippen LogP contribution in [-0.4, -0.2) is 46.0 Å². The van der Waals surface area contributed by atoms with Gasteiger partial charge in [-0.2, -0.15) is 0 Å². The zero-order chi connectivity index (χ0) is 18.1. The second-order valence-corrected chi connectivity index (χ2v) is 8.27. The van der Waals surface area contributed by atoms with Gasteiger partial charge in [-0.05, 0) is 25.7 Å². The molecule has 26 heavy (non-hydrogen) atoms. The topological polar surface area (TPSA) is 101 Å². The molecule has 1 aliphatic carbocycles. The quantitative estimate of drug-likeness (QED) is 0.787. The van der Waals surface area contributed by atoms with Gasteiger partial charge < -0.3 is 10.1 Å². The molecule has 1 spiro atoms. The minimum atomic E-state index is -0.483. The number of hydrogen-bond donors (Lipinski definition) is 1. The second kappa shape index (κ2) is 7.03. The van der Waals surface area contributed by atoms with Crippen molar-refractivity contribution in [3.8, 4) is 0 Å². The Hall–Kier alpha value is -1.87. The predicted molar refractivity (Wildman–Crippen MR) is 93.3 cm³/mol. The highest BCUT2D eigenvalue weighted by Crippen LogP contribution is 2.46. The fraction of sp³-hybridized carbons (Fsp3) is 0.706. The Labute approximate surface area is 155 Å². The number of hydrogen-bond acceptors (Lipinski definition) is 7. The SMILES string of the molecule is O=C(CCN1C(=O)CC2(CCCC2)C1=O)Nc1nnc(C2CCCO2)s1. The van der Waals surface area contributed by atoms with Crippen LogP contribution in [0, 0.1) is 5.41 Å². The Morgan fingerprint density at radius 3 is 2.81 bits per heavy atom. The summed E-state index contributed by atoms with van der Waals surface area (Å²) < 4.78 is 5.56. The molecule has 8 nitrogen and oxygen atoms in total. The molecule has 1 aromatic heterocycles. The van der Waals surface area contributed by atoms with Gasteiger partial charge in [0.2, 0.25) is 22.9 Å². The third kappa shape index (κ3) is 3.25. The van der Waals surface area contributed by atoms with E-state index in [4.69, 9.17) is 4.74 Å². The minimum absolute atomic E-state index is 0.0272. The summed E-state index contributed by atoms with van der Waals surface area (Å²) in [7, 11) is 0. The van der Waals surface area contributed by atoms with Crippen LogP contribution in [0.3, 0.4) is 0 Å². The summed E-state index contributed by atoms with van der Waals surface area (Å²) in [4.78, 5) is 38.2. The van der Waals surface area contributed by atoms with Crippen molar-refractivity contribution < 1.29 is 19.1 Å². The van der Waals surface area contributed by atoms with Crippen LogP contribution in [0.4, 0.5) is 5.13 Å². The smallest absolute Gasteiger partial charge is 0.235 e. The lowest BCUT2D eigenvalue weighted by Crippen LogP contribution is -2.36. The zero-order valence-corrected chi connectivity index (χ0v) is 15.3. The maximum absolute atomic E-state index is 12.6. The van der Waals surface area contributed by atoms with Gasteiger partial charge in [-0.25, -0.2) is 0 Å². The molecule has 1 unspecified atom stereocenters. The number of ether oxygens (including phenoxy) is 1. The van der Waals surface area contributed by atoms with Gasteiger partial charge >= 0.3 is 0 Å². The Morgan fingerprint density at radius 1 is 1.27 bits per heavy atom. The number of nitrogens with zero attached hydrogens (tertiary/aromatic N) is 3. The van der Waals surface area contributed by atoms with Gasteiger partial charge in [0.25, 0.3) is 0 Å². The van der Waals surface area contributed by atoms with Gasteiger partial charge in [0.05, 0.1) is 5.41 Å². The molecule has 140 valence electrons. The van der Waals surface area contributed by atoms with Crippen molar-refractivity contribution in [2.75, 3.05) is 18.5 Å². The number of rotatable bonds is 5. The average molecular weight is 378 g/mol. The zero-order valence-electron chi connectivity index (χ0n) is 14.5. The highest BCUT2D eigenvalue weighted by Gasteiger charge is 2.52. The van der Waals surface area contributed by atoms with E-state index in [0.717, 1.165) is 50.1 Å². The van der Waals surface area contributed by atoms with E-state index < -0.39 is 5.41 Å². The van der Waals surface area contributed by atoms with Crippen molar-refractivity contribution >= 4 is 34.2 Å². The number of anilines is 1. The molecule has 2 aliphatic heterocycles. The minimum Gasteiger partial charge on any atom is -0.371 e. The summed E-state index contributed by atoms with van der Waals surface area (Å²) in [5.74, 6) is -0.515. The van der Waals surface area contributed by atoms with E-state index in [1.165, 1.54) is 16.2 Å². The van der Waals surface area contributed by atoms with Gasteiger partial charge in [-0.15, -0.1) is 10.2 Å². The number of aromatic nitrogens is 2. The van der Waals surface area contributed by atoms with Gasteiger partial charge in [0.1, 0.15) is 11.1 Å². The van der Waals surface area contributed by atoms with Gasteiger partial charge in [0, 0.05) is 26.0 Å². The van der Waals surface area contributed by atoms with Gasteiger partial charge in [-0.3, -0.25) is 19.3 Å². The number of amides is 3. The summed E-state index contributed by atoms with van der Waals surface area (Å²) in [6, 6.07) is 0. The molecule has 0 radical (unpaired) electrons. The Kier molecular flexibility index (Phi) is 4.74. The molecule has 0 aromatic carbocycles. The standard InChI is InChI=1S/C17H22N4O4S/c22-12(18-16-20-19-14(26-16)11-4-3-9-25-11)5-8-21-13(23)10-17(15(21)24)6-1-2-7-17/h11H,1-10H2,(H,18,20,22).